The van der Waals surface area contributed by atoms with Gasteiger partial charge < -0.3 is 10.2 Å². The minimum absolute atomic E-state index is 0.135. The van der Waals surface area contributed by atoms with Crippen LogP contribution in [0, 0.1) is 0 Å². The predicted octanol–water partition coefficient (Wildman–Crippen LogP) is 3.01. The highest BCUT2D eigenvalue weighted by atomic mass is 16.2. The summed E-state index contributed by atoms with van der Waals surface area (Å²) >= 11 is 0. The zero-order chi connectivity index (χ0) is 23.1. The Kier molecular flexibility index (Phi) is 7.76. The van der Waals surface area contributed by atoms with Gasteiger partial charge in [0.05, 0.1) is 11.1 Å². The molecule has 7 heteroatoms. The van der Waals surface area contributed by atoms with E-state index in [1.54, 1.807) is 29.2 Å². The molecule has 2 aromatic rings. The Morgan fingerprint density at radius 3 is 2.09 bits per heavy atom. The van der Waals surface area contributed by atoms with Crippen molar-refractivity contribution in [1.82, 2.24) is 15.1 Å². The Morgan fingerprint density at radius 2 is 1.53 bits per heavy atom. The molecule has 32 heavy (non-hydrogen) atoms. The van der Waals surface area contributed by atoms with Gasteiger partial charge in [-0.15, -0.1) is 0 Å². The lowest BCUT2D eigenvalue weighted by Crippen LogP contribution is -2.49. The van der Waals surface area contributed by atoms with Gasteiger partial charge >= 0.3 is 0 Å². The highest BCUT2D eigenvalue weighted by Crippen LogP contribution is 2.23. The molecule has 1 atom stereocenters. The van der Waals surface area contributed by atoms with Crippen LogP contribution in [0.25, 0.3) is 0 Å². The third-order valence-electron chi connectivity index (χ3n) is 5.58. The number of carbonyl (C=O) groups is 4. The van der Waals surface area contributed by atoms with E-state index in [9.17, 15) is 19.2 Å². The summed E-state index contributed by atoms with van der Waals surface area (Å²) in [6.07, 6.45) is 0.959. The van der Waals surface area contributed by atoms with E-state index in [0.717, 1.165) is 5.56 Å². The van der Waals surface area contributed by atoms with Crippen LogP contribution in [0.3, 0.4) is 0 Å². The number of fused-ring (bicyclic) bond motifs is 1. The van der Waals surface area contributed by atoms with Crippen molar-refractivity contribution in [2.75, 3.05) is 13.1 Å². The van der Waals surface area contributed by atoms with E-state index in [1.807, 2.05) is 44.2 Å². The first-order chi connectivity index (χ1) is 15.5. The number of hydrogen-bond acceptors (Lipinski definition) is 4. The lowest BCUT2D eigenvalue weighted by Gasteiger charge is -2.30. The van der Waals surface area contributed by atoms with Crippen LogP contribution in [0.2, 0.25) is 0 Å². The van der Waals surface area contributed by atoms with Crippen molar-refractivity contribution in [2.45, 2.75) is 45.7 Å². The van der Waals surface area contributed by atoms with Crippen LogP contribution < -0.4 is 5.32 Å². The monoisotopic (exact) mass is 435 g/mol. The van der Waals surface area contributed by atoms with Crippen LogP contribution >= 0.6 is 0 Å². The number of benzene rings is 2. The van der Waals surface area contributed by atoms with Crippen molar-refractivity contribution >= 4 is 23.6 Å². The van der Waals surface area contributed by atoms with Crippen molar-refractivity contribution in [1.29, 1.82) is 0 Å². The molecular formula is C25H29N3O4. The smallest absolute Gasteiger partial charge is 0.261 e. The third kappa shape index (κ3) is 5.04. The highest BCUT2D eigenvalue weighted by Gasteiger charge is 2.35. The molecule has 0 fully saturated rings. The maximum Gasteiger partial charge on any atom is 0.261 e. The predicted molar refractivity (Wildman–Crippen MR) is 121 cm³/mol. The molecule has 0 saturated heterocycles. The fourth-order valence-corrected chi connectivity index (χ4v) is 3.97. The number of likely N-dealkylation sites (N-methyl/N-ethyl adjacent to an activating group) is 1. The van der Waals surface area contributed by atoms with Crippen LogP contribution in [0.4, 0.5) is 0 Å². The minimum atomic E-state index is -0.582. The standard InChI is InChI=1S/C25H29N3O4/c1-3-21(23(30)26-4-2)28(17-18-11-6-5-7-12-18)22(29)15-10-16-27-24(31)19-13-8-9-14-20(19)25(27)32/h5-9,11-14,21H,3-4,10,15-17H2,1-2H3,(H,26,30)/t21-/m0/s1. The molecule has 168 valence electrons. The molecular weight excluding hydrogens is 406 g/mol. The summed E-state index contributed by atoms with van der Waals surface area (Å²) in [5.41, 5.74) is 1.73. The second-order valence-corrected chi connectivity index (χ2v) is 7.74. The summed E-state index contributed by atoms with van der Waals surface area (Å²) < 4.78 is 0. The molecule has 0 radical (unpaired) electrons. The highest BCUT2D eigenvalue weighted by molar-refractivity contribution is 6.21. The third-order valence-corrected chi connectivity index (χ3v) is 5.58. The fourth-order valence-electron chi connectivity index (χ4n) is 3.97. The molecule has 1 N–H and O–H groups in total. The maximum absolute atomic E-state index is 13.2. The van der Waals surface area contributed by atoms with Crippen LogP contribution in [-0.4, -0.2) is 52.6 Å². The van der Waals surface area contributed by atoms with Gasteiger partial charge in [-0.1, -0.05) is 49.4 Å². The van der Waals surface area contributed by atoms with E-state index in [-0.39, 0.29) is 36.6 Å². The number of nitrogens with zero attached hydrogens (tertiary/aromatic N) is 2. The zero-order valence-electron chi connectivity index (χ0n) is 18.5. The molecule has 7 nitrogen and oxygen atoms in total. The molecule has 4 amide bonds. The Balaban J connectivity index is 1.67. The second-order valence-electron chi connectivity index (χ2n) is 7.74. The minimum Gasteiger partial charge on any atom is -0.355 e. The van der Waals surface area contributed by atoms with Crippen molar-refractivity contribution in [2.24, 2.45) is 0 Å². The van der Waals surface area contributed by atoms with Crippen LogP contribution in [0.5, 0.6) is 0 Å². The van der Waals surface area contributed by atoms with E-state index in [0.29, 0.717) is 37.1 Å². The first-order valence-electron chi connectivity index (χ1n) is 11.0. The largest absolute Gasteiger partial charge is 0.355 e. The average Bonchev–Trinajstić information content (AvgIpc) is 3.04. The average molecular weight is 436 g/mol. The van der Waals surface area contributed by atoms with Gasteiger partial charge in [0, 0.05) is 26.1 Å². The summed E-state index contributed by atoms with van der Waals surface area (Å²) in [7, 11) is 0. The Labute approximate surface area is 188 Å². The summed E-state index contributed by atoms with van der Waals surface area (Å²) in [5.74, 6) is -1.01. The van der Waals surface area contributed by atoms with Gasteiger partial charge in [0.15, 0.2) is 0 Å². The first-order valence-corrected chi connectivity index (χ1v) is 11.0. The normalized spacial score (nSPS) is 13.6. The van der Waals surface area contributed by atoms with Crippen LogP contribution in [0.15, 0.2) is 54.6 Å². The van der Waals surface area contributed by atoms with Crippen LogP contribution in [-0.2, 0) is 16.1 Å². The van der Waals surface area contributed by atoms with Crippen molar-refractivity contribution in [3.8, 4) is 0 Å². The number of nitrogens with one attached hydrogen (secondary N) is 1. The molecule has 0 spiro atoms. The van der Waals surface area contributed by atoms with Gasteiger partial charge in [-0.3, -0.25) is 24.1 Å². The van der Waals surface area contributed by atoms with Gasteiger partial charge in [0.2, 0.25) is 11.8 Å². The lowest BCUT2D eigenvalue weighted by molar-refractivity contribution is -0.141. The SMILES string of the molecule is CCNC(=O)[C@H](CC)N(Cc1ccccc1)C(=O)CCCN1C(=O)c2ccccc2C1=O. The van der Waals surface area contributed by atoms with E-state index in [4.69, 9.17) is 0 Å². The number of hydrogen-bond donors (Lipinski definition) is 1. The van der Waals surface area contributed by atoms with Gasteiger partial charge in [-0.25, -0.2) is 0 Å². The molecule has 0 aromatic heterocycles. The number of rotatable bonds is 10. The Bertz CT molecular complexity index is 955. The molecule has 0 saturated carbocycles. The molecule has 2 aromatic carbocycles. The van der Waals surface area contributed by atoms with E-state index >= 15 is 0 Å². The van der Waals surface area contributed by atoms with Crippen molar-refractivity contribution < 1.29 is 19.2 Å². The fraction of sp³-hybridized carbons (Fsp3) is 0.360. The van der Waals surface area contributed by atoms with Gasteiger partial charge in [0.1, 0.15) is 6.04 Å². The van der Waals surface area contributed by atoms with Crippen molar-refractivity contribution in [3.63, 3.8) is 0 Å². The number of amides is 4. The molecule has 1 heterocycles. The zero-order valence-corrected chi connectivity index (χ0v) is 18.5. The summed E-state index contributed by atoms with van der Waals surface area (Å²) in [5, 5.41) is 2.81. The quantitative estimate of drug-likeness (QED) is 0.581. The van der Waals surface area contributed by atoms with E-state index < -0.39 is 6.04 Å². The molecule has 0 unspecified atom stereocenters. The Hall–Kier alpha value is -3.48. The molecule has 1 aliphatic heterocycles. The summed E-state index contributed by atoms with van der Waals surface area (Å²) in [4.78, 5) is 53.6. The summed E-state index contributed by atoms with van der Waals surface area (Å²) in [6.45, 7) is 4.69. The van der Waals surface area contributed by atoms with Gasteiger partial charge in [0.25, 0.3) is 11.8 Å². The molecule has 1 aliphatic rings. The van der Waals surface area contributed by atoms with Gasteiger partial charge in [-0.05, 0) is 37.5 Å². The summed E-state index contributed by atoms with van der Waals surface area (Å²) in [6, 6.07) is 15.7. The maximum atomic E-state index is 13.2. The van der Waals surface area contributed by atoms with Crippen molar-refractivity contribution in [3.05, 3.63) is 71.3 Å². The van der Waals surface area contributed by atoms with Gasteiger partial charge in [-0.2, -0.15) is 0 Å². The van der Waals surface area contributed by atoms with E-state index in [2.05, 4.69) is 5.32 Å². The second kappa shape index (κ2) is 10.7. The van der Waals surface area contributed by atoms with E-state index in [1.165, 1.54) is 4.90 Å². The lowest BCUT2D eigenvalue weighted by atomic mass is 10.1. The molecule has 0 bridgehead atoms. The first kappa shape index (κ1) is 23.2. The molecule has 0 aliphatic carbocycles. The number of imide groups is 1. The number of carbonyl (C=O) groups excluding carboxylic acids is 4. The Morgan fingerprint density at radius 1 is 0.938 bits per heavy atom. The topological polar surface area (TPSA) is 86.8 Å². The molecule has 3 rings (SSSR count). The van der Waals surface area contributed by atoms with Crippen LogP contribution in [0.1, 0.15) is 59.4 Å².